The van der Waals surface area contributed by atoms with Gasteiger partial charge in [-0.2, -0.15) is 5.10 Å². The van der Waals surface area contributed by atoms with Crippen molar-refractivity contribution in [2.45, 2.75) is 38.8 Å². The average Bonchev–Trinajstić information content (AvgIpc) is 3.01. The summed E-state index contributed by atoms with van der Waals surface area (Å²) in [4.78, 5) is 13.8. The number of urea groups is 1. The zero-order chi connectivity index (χ0) is 13.8. The minimum atomic E-state index is -0.0949. The zero-order valence-electron chi connectivity index (χ0n) is 11.6. The molecule has 1 saturated heterocycles. The maximum atomic E-state index is 12.1. The van der Waals surface area contributed by atoms with Crippen LogP contribution in [0.5, 0.6) is 0 Å². The first kappa shape index (κ1) is 13.9. The van der Waals surface area contributed by atoms with Gasteiger partial charge in [0.1, 0.15) is 0 Å². The van der Waals surface area contributed by atoms with E-state index >= 15 is 0 Å². The van der Waals surface area contributed by atoms with E-state index in [0.717, 1.165) is 37.1 Å². The quantitative estimate of drug-likeness (QED) is 0.840. The van der Waals surface area contributed by atoms with Crippen LogP contribution < -0.4 is 5.32 Å². The number of hydrogen-bond acceptors (Lipinski definition) is 3. The smallest absolute Gasteiger partial charge is 0.317 e. The summed E-state index contributed by atoms with van der Waals surface area (Å²) in [6.45, 7) is 3.31. The Morgan fingerprint density at radius 3 is 3.11 bits per heavy atom. The standard InChI is InChI=1S/C13H22N4O2/c1-3-12-10(8-16(2)15-12)7-14-13(19)17-6-4-5-11(17)9-18/h8,11,18H,3-7,9H2,1-2H3,(H,14,19). The highest BCUT2D eigenvalue weighted by molar-refractivity contribution is 5.74. The van der Waals surface area contributed by atoms with Gasteiger partial charge in [-0.1, -0.05) is 6.92 Å². The van der Waals surface area contributed by atoms with E-state index in [2.05, 4.69) is 17.3 Å². The summed E-state index contributed by atoms with van der Waals surface area (Å²) in [5.74, 6) is 0. The fourth-order valence-electron chi connectivity index (χ4n) is 2.59. The van der Waals surface area contributed by atoms with Crippen LogP contribution in [0.3, 0.4) is 0 Å². The highest BCUT2D eigenvalue weighted by Gasteiger charge is 2.27. The van der Waals surface area contributed by atoms with Gasteiger partial charge in [0.2, 0.25) is 0 Å². The molecule has 1 unspecified atom stereocenters. The second-order valence-corrected chi connectivity index (χ2v) is 4.96. The van der Waals surface area contributed by atoms with Crippen molar-refractivity contribution in [3.63, 3.8) is 0 Å². The molecular weight excluding hydrogens is 244 g/mol. The lowest BCUT2D eigenvalue weighted by Gasteiger charge is -2.23. The number of rotatable bonds is 4. The molecule has 2 heterocycles. The lowest BCUT2D eigenvalue weighted by molar-refractivity contribution is 0.157. The molecule has 2 rings (SSSR count). The third-order valence-corrected chi connectivity index (χ3v) is 3.61. The number of amides is 2. The summed E-state index contributed by atoms with van der Waals surface area (Å²) in [6.07, 6.45) is 4.64. The van der Waals surface area contributed by atoms with Crippen molar-refractivity contribution in [2.24, 2.45) is 7.05 Å². The van der Waals surface area contributed by atoms with Crippen molar-refractivity contribution in [1.29, 1.82) is 0 Å². The number of carbonyl (C=O) groups excluding carboxylic acids is 1. The first-order chi connectivity index (χ1) is 9.15. The molecule has 1 aromatic heterocycles. The van der Waals surface area contributed by atoms with Crippen LogP contribution in [0, 0.1) is 0 Å². The molecule has 6 heteroatoms. The Morgan fingerprint density at radius 1 is 1.63 bits per heavy atom. The molecule has 2 amide bonds. The van der Waals surface area contributed by atoms with Crippen LogP contribution in [-0.4, -0.2) is 45.0 Å². The molecule has 0 bridgehead atoms. The molecule has 1 aliphatic heterocycles. The van der Waals surface area contributed by atoms with Gasteiger partial charge in [-0.3, -0.25) is 4.68 Å². The predicted octanol–water partition coefficient (Wildman–Crippen LogP) is 0.649. The predicted molar refractivity (Wildman–Crippen MR) is 71.6 cm³/mol. The Bertz CT molecular complexity index is 444. The Balaban J connectivity index is 1.92. The summed E-state index contributed by atoms with van der Waals surface area (Å²) < 4.78 is 1.77. The van der Waals surface area contributed by atoms with E-state index in [-0.39, 0.29) is 18.7 Å². The summed E-state index contributed by atoms with van der Waals surface area (Å²) in [5.41, 5.74) is 2.07. The zero-order valence-corrected chi connectivity index (χ0v) is 11.6. The number of aryl methyl sites for hydroxylation is 2. The lowest BCUT2D eigenvalue weighted by Crippen LogP contribution is -2.43. The molecular formula is C13H22N4O2. The minimum absolute atomic E-state index is 0.0282. The molecule has 106 valence electrons. The molecule has 1 aromatic rings. The number of nitrogens with zero attached hydrogens (tertiary/aromatic N) is 3. The van der Waals surface area contributed by atoms with Crippen molar-refractivity contribution in [1.82, 2.24) is 20.0 Å². The van der Waals surface area contributed by atoms with E-state index in [1.165, 1.54) is 0 Å². The molecule has 6 nitrogen and oxygen atoms in total. The fourth-order valence-corrected chi connectivity index (χ4v) is 2.59. The van der Waals surface area contributed by atoms with Crippen molar-refractivity contribution in [2.75, 3.05) is 13.2 Å². The average molecular weight is 266 g/mol. The van der Waals surface area contributed by atoms with E-state index < -0.39 is 0 Å². The lowest BCUT2D eigenvalue weighted by atomic mass is 10.2. The number of aliphatic hydroxyl groups excluding tert-OH is 1. The van der Waals surface area contributed by atoms with Crippen LogP contribution in [0.2, 0.25) is 0 Å². The molecule has 19 heavy (non-hydrogen) atoms. The monoisotopic (exact) mass is 266 g/mol. The van der Waals surface area contributed by atoms with Gasteiger partial charge in [-0.25, -0.2) is 4.79 Å². The summed E-state index contributed by atoms with van der Waals surface area (Å²) >= 11 is 0. The van der Waals surface area contributed by atoms with Crippen molar-refractivity contribution >= 4 is 6.03 Å². The summed E-state index contributed by atoms with van der Waals surface area (Å²) in [6, 6.07) is -0.123. The van der Waals surface area contributed by atoms with Gasteiger partial charge >= 0.3 is 6.03 Å². The molecule has 0 radical (unpaired) electrons. The van der Waals surface area contributed by atoms with E-state index in [0.29, 0.717) is 6.54 Å². The van der Waals surface area contributed by atoms with Crippen LogP contribution >= 0.6 is 0 Å². The third kappa shape index (κ3) is 3.07. The van der Waals surface area contributed by atoms with Gasteiger partial charge < -0.3 is 15.3 Å². The number of likely N-dealkylation sites (tertiary alicyclic amines) is 1. The van der Waals surface area contributed by atoms with Crippen molar-refractivity contribution in [3.05, 3.63) is 17.5 Å². The first-order valence-corrected chi connectivity index (χ1v) is 6.82. The highest BCUT2D eigenvalue weighted by atomic mass is 16.3. The SMILES string of the molecule is CCc1nn(C)cc1CNC(=O)N1CCCC1CO. The van der Waals surface area contributed by atoms with Crippen LogP contribution in [0.25, 0.3) is 0 Å². The molecule has 0 aliphatic carbocycles. The molecule has 1 aliphatic rings. The van der Waals surface area contributed by atoms with E-state index in [4.69, 9.17) is 0 Å². The maximum absolute atomic E-state index is 12.1. The van der Waals surface area contributed by atoms with Crippen molar-refractivity contribution in [3.8, 4) is 0 Å². The Labute approximate surface area is 113 Å². The van der Waals surface area contributed by atoms with Crippen LogP contribution in [0.4, 0.5) is 4.79 Å². The Kier molecular flexibility index (Phi) is 4.42. The first-order valence-electron chi connectivity index (χ1n) is 6.82. The summed E-state index contributed by atoms with van der Waals surface area (Å²) in [5, 5.41) is 16.5. The maximum Gasteiger partial charge on any atom is 0.317 e. The van der Waals surface area contributed by atoms with Gasteiger partial charge in [0.25, 0.3) is 0 Å². The van der Waals surface area contributed by atoms with Gasteiger partial charge in [0.15, 0.2) is 0 Å². The van der Waals surface area contributed by atoms with Gasteiger partial charge in [0.05, 0.1) is 18.3 Å². The number of aromatic nitrogens is 2. The fraction of sp³-hybridized carbons (Fsp3) is 0.692. The minimum Gasteiger partial charge on any atom is -0.394 e. The van der Waals surface area contributed by atoms with Gasteiger partial charge in [0, 0.05) is 31.9 Å². The normalized spacial score (nSPS) is 18.9. The topological polar surface area (TPSA) is 70.4 Å². The largest absolute Gasteiger partial charge is 0.394 e. The highest BCUT2D eigenvalue weighted by Crippen LogP contribution is 2.16. The molecule has 0 spiro atoms. The van der Waals surface area contributed by atoms with Crippen LogP contribution in [-0.2, 0) is 20.0 Å². The number of carbonyl (C=O) groups is 1. The molecule has 1 atom stereocenters. The van der Waals surface area contributed by atoms with Gasteiger partial charge in [-0.05, 0) is 19.3 Å². The van der Waals surface area contributed by atoms with E-state index in [1.807, 2.05) is 13.2 Å². The second-order valence-electron chi connectivity index (χ2n) is 4.96. The van der Waals surface area contributed by atoms with E-state index in [1.54, 1.807) is 9.58 Å². The second kappa shape index (κ2) is 6.06. The van der Waals surface area contributed by atoms with E-state index in [9.17, 15) is 9.90 Å². The van der Waals surface area contributed by atoms with Crippen molar-refractivity contribution < 1.29 is 9.90 Å². The molecule has 1 fully saturated rings. The molecule has 0 aromatic carbocycles. The number of aliphatic hydroxyl groups is 1. The Hall–Kier alpha value is -1.56. The molecule has 0 saturated carbocycles. The number of nitrogens with one attached hydrogen (secondary N) is 1. The Morgan fingerprint density at radius 2 is 2.42 bits per heavy atom. The molecule has 2 N–H and O–H groups in total. The summed E-state index contributed by atoms with van der Waals surface area (Å²) in [7, 11) is 1.88. The third-order valence-electron chi connectivity index (χ3n) is 3.61. The number of hydrogen-bond donors (Lipinski definition) is 2. The van der Waals surface area contributed by atoms with Crippen LogP contribution in [0.1, 0.15) is 31.0 Å². The van der Waals surface area contributed by atoms with Crippen LogP contribution in [0.15, 0.2) is 6.20 Å². The van der Waals surface area contributed by atoms with Gasteiger partial charge in [-0.15, -0.1) is 0 Å².